The quantitative estimate of drug-likeness (QED) is 0.820. The molecule has 0 aliphatic heterocycles. The van der Waals surface area contributed by atoms with Gasteiger partial charge in [0.2, 0.25) is 0 Å². The van der Waals surface area contributed by atoms with E-state index < -0.39 is 11.8 Å². The number of ether oxygens (including phenoxy) is 1. The minimum absolute atomic E-state index is 0.0742. The lowest BCUT2D eigenvalue weighted by atomic mass is 10.2. The van der Waals surface area contributed by atoms with E-state index in [1.54, 1.807) is 36.4 Å². The molecular formula is C19H23N3O3. The third-order valence-corrected chi connectivity index (χ3v) is 3.33. The van der Waals surface area contributed by atoms with Crippen molar-refractivity contribution in [2.24, 2.45) is 0 Å². The Morgan fingerprint density at radius 2 is 1.28 bits per heavy atom. The van der Waals surface area contributed by atoms with Crippen LogP contribution in [0.4, 0.5) is 17.1 Å². The van der Waals surface area contributed by atoms with Gasteiger partial charge < -0.3 is 20.3 Å². The first-order valence-corrected chi connectivity index (χ1v) is 8.01. The lowest BCUT2D eigenvalue weighted by Crippen LogP contribution is -2.29. The average Bonchev–Trinajstić information content (AvgIpc) is 2.56. The molecule has 0 saturated heterocycles. The molecule has 2 rings (SSSR count). The molecular weight excluding hydrogens is 318 g/mol. The Hall–Kier alpha value is -3.02. The van der Waals surface area contributed by atoms with E-state index in [0.29, 0.717) is 17.1 Å². The molecule has 6 heteroatoms. The van der Waals surface area contributed by atoms with Crippen molar-refractivity contribution in [1.29, 1.82) is 0 Å². The van der Waals surface area contributed by atoms with Crippen molar-refractivity contribution in [1.82, 2.24) is 0 Å². The second-order valence-electron chi connectivity index (χ2n) is 6.04. The van der Waals surface area contributed by atoms with Crippen LogP contribution in [0.25, 0.3) is 0 Å². The first kappa shape index (κ1) is 18.3. The van der Waals surface area contributed by atoms with Crippen LogP contribution in [0.15, 0.2) is 48.5 Å². The molecule has 25 heavy (non-hydrogen) atoms. The number of anilines is 3. The van der Waals surface area contributed by atoms with Gasteiger partial charge >= 0.3 is 11.8 Å². The van der Waals surface area contributed by atoms with Crippen LogP contribution in [-0.4, -0.2) is 32.0 Å². The first-order valence-electron chi connectivity index (χ1n) is 8.01. The number of benzene rings is 2. The van der Waals surface area contributed by atoms with E-state index in [0.717, 1.165) is 5.69 Å². The minimum Gasteiger partial charge on any atom is -0.491 e. The van der Waals surface area contributed by atoms with Gasteiger partial charge in [-0.15, -0.1) is 0 Å². The van der Waals surface area contributed by atoms with E-state index >= 15 is 0 Å². The van der Waals surface area contributed by atoms with Crippen molar-refractivity contribution >= 4 is 28.9 Å². The fourth-order valence-electron chi connectivity index (χ4n) is 2.11. The van der Waals surface area contributed by atoms with Gasteiger partial charge in [0.25, 0.3) is 0 Å². The fourth-order valence-corrected chi connectivity index (χ4v) is 2.11. The number of carbonyl (C=O) groups excluding carboxylic acids is 2. The van der Waals surface area contributed by atoms with Crippen LogP contribution < -0.4 is 20.3 Å². The molecule has 0 aliphatic carbocycles. The molecule has 0 aliphatic rings. The van der Waals surface area contributed by atoms with Gasteiger partial charge in [-0.1, -0.05) is 0 Å². The van der Waals surface area contributed by atoms with Crippen molar-refractivity contribution in [2.45, 2.75) is 20.0 Å². The monoisotopic (exact) mass is 341 g/mol. The lowest BCUT2D eigenvalue weighted by molar-refractivity contribution is -0.132. The van der Waals surface area contributed by atoms with Crippen LogP contribution >= 0.6 is 0 Å². The smallest absolute Gasteiger partial charge is 0.314 e. The van der Waals surface area contributed by atoms with Gasteiger partial charge in [-0.05, 0) is 62.4 Å². The summed E-state index contributed by atoms with van der Waals surface area (Å²) in [5.41, 5.74) is 2.09. The van der Waals surface area contributed by atoms with Crippen LogP contribution in [0.5, 0.6) is 5.75 Å². The molecule has 0 radical (unpaired) electrons. The zero-order valence-corrected chi connectivity index (χ0v) is 14.9. The highest BCUT2D eigenvalue weighted by atomic mass is 16.5. The Kier molecular flexibility index (Phi) is 6.00. The third-order valence-electron chi connectivity index (χ3n) is 3.33. The zero-order chi connectivity index (χ0) is 18.4. The van der Waals surface area contributed by atoms with E-state index in [1.165, 1.54) is 0 Å². The first-order chi connectivity index (χ1) is 11.8. The van der Waals surface area contributed by atoms with E-state index in [2.05, 4.69) is 10.6 Å². The summed E-state index contributed by atoms with van der Waals surface area (Å²) in [6.45, 7) is 3.87. The second kappa shape index (κ2) is 8.19. The molecule has 2 aromatic rings. The number of nitrogens with zero attached hydrogens (tertiary/aromatic N) is 1. The third kappa shape index (κ3) is 5.53. The Bertz CT molecular complexity index is 723. The summed E-state index contributed by atoms with van der Waals surface area (Å²) < 4.78 is 5.53. The minimum atomic E-state index is -0.728. The van der Waals surface area contributed by atoms with Gasteiger partial charge in [0.15, 0.2) is 0 Å². The number of hydrogen-bond donors (Lipinski definition) is 2. The Morgan fingerprint density at radius 1 is 0.840 bits per heavy atom. The summed E-state index contributed by atoms with van der Waals surface area (Å²) in [7, 11) is 3.86. The van der Waals surface area contributed by atoms with E-state index in [1.807, 2.05) is 45.0 Å². The maximum Gasteiger partial charge on any atom is 0.314 e. The number of carbonyl (C=O) groups is 2. The van der Waals surface area contributed by atoms with Crippen molar-refractivity contribution in [2.75, 3.05) is 29.6 Å². The van der Waals surface area contributed by atoms with Crippen LogP contribution in [0.3, 0.4) is 0 Å². The molecule has 0 fully saturated rings. The summed E-state index contributed by atoms with van der Waals surface area (Å²) in [6.07, 6.45) is 0.0742. The number of amides is 2. The molecule has 0 spiro atoms. The average molecular weight is 341 g/mol. The molecule has 0 bridgehead atoms. The fraction of sp³-hybridized carbons (Fsp3) is 0.263. The zero-order valence-electron chi connectivity index (χ0n) is 14.9. The number of nitrogens with one attached hydrogen (secondary N) is 2. The molecule has 0 aromatic heterocycles. The van der Waals surface area contributed by atoms with Crippen LogP contribution in [0.2, 0.25) is 0 Å². The Balaban J connectivity index is 1.92. The molecule has 2 amide bonds. The molecule has 2 aromatic carbocycles. The van der Waals surface area contributed by atoms with E-state index in [-0.39, 0.29) is 6.10 Å². The number of hydrogen-bond acceptors (Lipinski definition) is 4. The van der Waals surface area contributed by atoms with Gasteiger partial charge in [0.05, 0.1) is 6.10 Å². The highest BCUT2D eigenvalue weighted by Crippen LogP contribution is 2.18. The van der Waals surface area contributed by atoms with Crippen molar-refractivity contribution in [3.8, 4) is 5.75 Å². The van der Waals surface area contributed by atoms with Crippen molar-refractivity contribution in [3.05, 3.63) is 48.5 Å². The SMILES string of the molecule is CC(C)Oc1ccc(NC(=O)C(=O)Nc2ccc(N(C)C)cc2)cc1. The number of rotatable bonds is 5. The summed E-state index contributed by atoms with van der Waals surface area (Å²) in [4.78, 5) is 25.9. The van der Waals surface area contributed by atoms with E-state index in [9.17, 15) is 9.59 Å². The predicted molar refractivity (Wildman–Crippen MR) is 100 cm³/mol. The second-order valence-corrected chi connectivity index (χ2v) is 6.04. The van der Waals surface area contributed by atoms with Crippen molar-refractivity contribution in [3.63, 3.8) is 0 Å². The van der Waals surface area contributed by atoms with E-state index in [4.69, 9.17) is 4.74 Å². The summed E-state index contributed by atoms with van der Waals surface area (Å²) in [6, 6.07) is 14.1. The molecule has 0 heterocycles. The molecule has 0 unspecified atom stereocenters. The van der Waals surface area contributed by atoms with Gasteiger partial charge in [-0.2, -0.15) is 0 Å². The highest BCUT2D eigenvalue weighted by Gasteiger charge is 2.14. The van der Waals surface area contributed by atoms with Crippen LogP contribution in [0, 0.1) is 0 Å². The largest absolute Gasteiger partial charge is 0.491 e. The van der Waals surface area contributed by atoms with Crippen LogP contribution in [0.1, 0.15) is 13.8 Å². The normalized spacial score (nSPS) is 10.3. The molecule has 0 saturated carbocycles. The Morgan fingerprint density at radius 3 is 1.68 bits per heavy atom. The Labute approximate surface area is 147 Å². The summed E-state index contributed by atoms with van der Waals surface area (Å²) in [5.74, 6) is -0.743. The molecule has 6 nitrogen and oxygen atoms in total. The maximum atomic E-state index is 12.0. The molecule has 132 valence electrons. The highest BCUT2D eigenvalue weighted by molar-refractivity contribution is 6.43. The van der Waals surface area contributed by atoms with Crippen molar-refractivity contribution < 1.29 is 14.3 Å². The maximum absolute atomic E-state index is 12.0. The van der Waals surface area contributed by atoms with Gasteiger partial charge in [0, 0.05) is 31.2 Å². The topological polar surface area (TPSA) is 70.7 Å². The lowest BCUT2D eigenvalue weighted by Gasteiger charge is -2.13. The standard InChI is InChI=1S/C19H23N3O3/c1-13(2)25-17-11-7-15(8-12-17)21-19(24)18(23)20-14-5-9-16(10-6-14)22(3)4/h5-13H,1-4H3,(H,20,23)(H,21,24). The molecule has 0 atom stereocenters. The predicted octanol–water partition coefficient (Wildman–Crippen LogP) is 3.12. The summed E-state index contributed by atoms with van der Waals surface area (Å²) >= 11 is 0. The molecule has 2 N–H and O–H groups in total. The van der Waals surface area contributed by atoms with Crippen LogP contribution in [-0.2, 0) is 9.59 Å². The van der Waals surface area contributed by atoms with Gasteiger partial charge in [-0.3, -0.25) is 9.59 Å². The van der Waals surface area contributed by atoms with Gasteiger partial charge in [0.1, 0.15) is 5.75 Å². The van der Waals surface area contributed by atoms with Gasteiger partial charge in [-0.25, -0.2) is 0 Å². The summed E-state index contributed by atoms with van der Waals surface area (Å²) in [5, 5.41) is 5.13.